The summed E-state index contributed by atoms with van der Waals surface area (Å²) < 4.78 is 0. The molecule has 0 saturated heterocycles. The predicted octanol–water partition coefficient (Wildman–Crippen LogP) is 1.62. The molecule has 2 nitrogen and oxygen atoms in total. The zero-order chi connectivity index (χ0) is 9.40. The van der Waals surface area contributed by atoms with Crippen molar-refractivity contribution in [3.05, 3.63) is 0 Å². The van der Waals surface area contributed by atoms with E-state index in [1.807, 2.05) is 0 Å². The Hall–Kier alpha value is -0.0800. The second kappa shape index (κ2) is 7.56. The molecule has 0 amide bonds. The summed E-state index contributed by atoms with van der Waals surface area (Å²) in [5.74, 6) is 0.733. The van der Waals surface area contributed by atoms with E-state index in [1.165, 1.54) is 6.42 Å². The van der Waals surface area contributed by atoms with Crippen LogP contribution in [0.15, 0.2) is 0 Å². The molecule has 0 heterocycles. The van der Waals surface area contributed by atoms with Crippen molar-refractivity contribution in [1.82, 2.24) is 10.6 Å². The van der Waals surface area contributed by atoms with E-state index in [-0.39, 0.29) is 0 Å². The third kappa shape index (κ3) is 6.62. The summed E-state index contributed by atoms with van der Waals surface area (Å²) in [5.41, 5.74) is 0. The summed E-state index contributed by atoms with van der Waals surface area (Å²) >= 11 is 0. The Morgan fingerprint density at radius 1 is 1.00 bits per heavy atom. The molecule has 74 valence electrons. The molecule has 0 aliphatic rings. The lowest BCUT2D eigenvalue weighted by Crippen LogP contribution is -2.36. The van der Waals surface area contributed by atoms with Crippen molar-refractivity contribution < 1.29 is 0 Å². The van der Waals surface area contributed by atoms with E-state index < -0.39 is 0 Å². The lowest BCUT2D eigenvalue weighted by Gasteiger charge is -2.17. The van der Waals surface area contributed by atoms with Crippen LogP contribution >= 0.6 is 0 Å². The van der Waals surface area contributed by atoms with Crippen LogP contribution in [0, 0.1) is 5.92 Å². The van der Waals surface area contributed by atoms with E-state index >= 15 is 0 Å². The van der Waals surface area contributed by atoms with Crippen molar-refractivity contribution in [3.8, 4) is 0 Å². The van der Waals surface area contributed by atoms with Crippen LogP contribution in [-0.4, -0.2) is 25.7 Å². The summed E-state index contributed by atoms with van der Waals surface area (Å²) in [4.78, 5) is 0. The highest BCUT2D eigenvalue weighted by molar-refractivity contribution is 4.64. The van der Waals surface area contributed by atoms with Crippen LogP contribution in [0.4, 0.5) is 0 Å². The Kier molecular flexibility index (Phi) is 7.51. The summed E-state index contributed by atoms with van der Waals surface area (Å²) in [6, 6.07) is 0.633. The second-order valence-electron chi connectivity index (χ2n) is 3.74. The molecule has 0 radical (unpaired) electrons. The van der Waals surface area contributed by atoms with Gasteiger partial charge in [-0.15, -0.1) is 0 Å². The van der Waals surface area contributed by atoms with Gasteiger partial charge >= 0.3 is 0 Å². The van der Waals surface area contributed by atoms with Crippen LogP contribution in [0.25, 0.3) is 0 Å². The van der Waals surface area contributed by atoms with Gasteiger partial charge in [-0.3, -0.25) is 0 Å². The molecule has 2 N–H and O–H groups in total. The average molecular weight is 172 g/mol. The maximum atomic E-state index is 3.48. The highest BCUT2D eigenvalue weighted by Gasteiger charge is 2.03. The molecule has 1 unspecified atom stereocenters. The third-order valence-corrected chi connectivity index (χ3v) is 2.19. The Bertz CT molecular complexity index is 91.8. The molecule has 0 saturated carbocycles. The van der Waals surface area contributed by atoms with Crippen LogP contribution < -0.4 is 10.6 Å². The fourth-order valence-corrected chi connectivity index (χ4v) is 0.926. The fourth-order valence-electron chi connectivity index (χ4n) is 0.926. The molecular formula is C10H24N2. The van der Waals surface area contributed by atoms with Crippen molar-refractivity contribution in [2.75, 3.05) is 19.6 Å². The van der Waals surface area contributed by atoms with Gasteiger partial charge in [0.05, 0.1) is 0 Å². The van der Waals surface area contributed by atoms with Crippen LogP contribution in [0.2, 0.25) is 0 Å². The molecule has 1 atom stereocenters. The third-order valence-electron chi connectivity index (χ3n) is 2.19. The molecule has 0 spiro atoms. The number of nitrogens with one attached hydrogen (secondary N) is 2. The molecule has 0 fully saturated rings. The van der Waals surface area contributed by atoms with Gasteiger partial charge in [0, 0.05) is 19.1 Å². The first kappa shape index (κ1) is 11.9. The van der Waals surface area contributed by atoms with Gasteiger partial charge in [-0.05, 0) is 25.8 Å². The Morgan fingerprint density at radius 3 is 2.17 bits per heavy atom. The molecule has 0 aromatic carbocycles. The topological polar surface area (TPSA) is 24.1 Å². The first-order chi connectivity index (χ1) is 5.68. The zero-order valence-electron chi connectivity index (χ0n) is 8.98. The van der Waals surface area contributed by atoms with Gasteiger partial charge < -0.3 is 10.6 Å². The lowest BCUT2D eigenvalue weighted by molar-refractivity contribution is 0.424. The summed E-state index contributed by atoms with van der Waals surface area (Å²) in [6.07, 6.45) is 1.22. The van der Waals surface area contributed by atoms with Crippen LogP contribution in [0.1, 0.15) is 34.1 Å². The Balaban J connectivity index is 3.08. The standard InChI is InChI=1S/C10H24N2/c1-5-6-11-7-8-12-10(4)9(2)3/h9-12H,5-8H2,1-4H3. The van der Waals surface area contributed by atoms with Crippen LogP contribution in [0.3, 0.4) is 0 Å². The van der Waals surface area contributed by atoms with E-state index in [0.717, 1.165) is 25.6 Å². The molecule has 0 aromatic rings. The van der Waals surface area contributed by atoms with Crippen molar-refractivity contribution >= 4 is 0 Å². The monoisotopic (exact) mass is 172 g/mol. The van der Waals surface area contributed by atoms with Gasteiger partial charge in [0.25, 0.3) is 0 Å². The minimum atomic E-state index is 0.633. The summed E-state index contributed by atoms with van der Waals surface area (Å²) in [6.45, 7) is 12.2. The Morgan fingerprint density at radius 2 is 1.67 bits per heavy atom. The normalized spacial score (nSPS) is 13.8. The minimum absolute atomic E-state index is 0.633. The maximum Gasteiger partial charge on any atom is 0.00793 e. The largest absolute Gasteiger partial charge is 0.315 e. The Labute approximate surface area is 77.1 Å². The summed E-state index contributed by atoms with van der Waals surface area (Å²) in [5, 5.41) is 6.85. The average Bonchev–Trinajstić information content (AvgIpc) is 2.03. The molecule has 12 heavy (non-hydrogen) atoms. The van der Waals surface area contributed by atoms with Crippen LogP contribution in [-0.2, 0) is 0 Å². The lowest BCUT2D eigenvalue weighted by atomic mass is 10.1. The minimum Gasteiger partial charge on any atom is -0.315 e. The van der Waals surface area contributed by atoms with Gasteiger partial charge in [-0.2, -0.15) is 0 Å². The van der Waals surface area contributed by atoms with E-state index in [9.17, 15) is 0 Å². The number of rotatable bonds is 7. The second-order valence-corrected chi connectivity index (χ2v) is 3.74. The van der Waals surface area contributed by atoms with Gasteiger partial charge in [0.15, 0.2) is 0 Å². The van der Waals surface area contributed by atoms with Crippen molar-refractivity contribution in [3.63, 3.8) is 0 Å². The molecule has 0 rings (SSSR count). The SMILES string of the molecule is CCCNCCNC(C)C(C)C. The van der Waals surface area contributed by atoms with Crippen LogP contribution in [0.5, 0.6) is 0 Å². The van der Waals surface area contributed by atoms with E-state index in [4.69, 9.17) is 0 Å². The fraction of sp³-hybridized carbons (Fsp3) is 1.00. The van der Waals surface area contributed by atoms with Gasteiger partial charge in [0.2, 0.25) is 0 Å². The first-order valence-corrected chi connectivity index (χ1v) is 5.12. The summed E-state index contributed by atoms with van der Waals surface area (Å²) in [7, 11) is 0. The van der Waals surface area contributed by atoms with Gasteiger partial charge in [0.1, 0.15) is 0 Å². The maximum absolute atomic E-state index is 3.48. The van der Waals surface area contributed by atoms with E-state index in [0.29, 0.717) is 6.04 Å². The van der Waals surface area contributed by atoms with Gasteiger partial charge in [-0.1, -0.05) is 20.8 Å². The van der Waals surface area contributed by atoms with Gasteiger partial charge in [-0.25, -0.2) is 0 Å². The first-order valence-electron chi connectivity index (χ1n) is 5.12. The van der Waals surface area contributed by atoms with Crippen molar-refractivity contribution in [1.29, 1.82) is 0 Å². The molecule has 0 bridgehead atoms. The molecule has 0 aromatic heterocycles. The van der Waals surface area contributed by atoms with Crippen molar-refractivity contribution in [2.24, 2.45) is 5.92 Å². The van der Waals surface area contributed by atoms with E-state index in [2.05, 4.69) is 38.3 Å². The number of hydrogen-bond donors (Lipinski definition) is 2. The molecule has 0 aliphatic carbocycles. The highest BCUT2D eigenvalue weighted by Crippen LogP contribution is 1.98. The number of hydrogen-bond acceptors (Lipinski definition) is 2. The van der Waals surface area contributed by atoms with Crippen molar-refractivity contribution in [2.45, 2.75) is 40.2 Å². The molecular weight excluding hydrogens is 148 g/mol. The molecule has 0 aliphatic heterocycles. The zero-order valence-corrected chi connectivity index (χ0v) is 8.98. The smallest absolute Gasteiger partial charge is 0.00793 e. The molecule has 2 heteroatoms. The quantitative estimate of drug-likeness (QED) is 0.570. The predicted molar refractivity (Wildman–Crippen MR) is 55.5 cm³/mol. The highest BCUT2D eigenvalue weighted by atomic mass is 15.0. The van der Waals surface area contributed by atoms with E-state index in [1.54, 1.807) is 0 Å².